The number of rotatable bonds is 8. The number of hydrogen-bond acceptors (Lipinski definition) is 3. The van der Waals surface area contributed by atoms with Gasteiger partial charge in [-0.25, -0.2) is 9.18 Å². The van der Waals surface area contributed by atoms with Crippen LogP contribution in [0.4, 0.5) is 4.39 Å². The lowest BCUT2D eigenvalue weighted by Crippen LogP contribution is -2.55. The molecule has 0 fully saturated rings. The fourth-order valence-corrected chi connectivity index (χ4v) is 5.34. The van der Waals surface area contributed by atoms with Crippen molar-refractivity contribution in [3.05, 3.63) is 124 Å². The van der Waals surface area contributed by atoms with Crippen molar-refractivity contribution in [2.75, 3.05) is 0 Å². The topological polar surface area (TPSA) is 75.6 Å². The molecule has 1 amide bonds. The number of carbonyl (C=O) groups excluding carboxylic acids is 1. The molecule has 0 radical (unpaired) electrons. The summed E-state index contributed by atoms with van der Waals surface area (Å²) in [6, 6.07) is 25.5. The van der Waals surface area contributed by atoms with Gasteiger partial charge in [0.1, 0.15) is 23.7 Å². The number of nitrogens with one attached hydrogen (secondary N) is 1. The molecule has 0 spiro atoms. The van der Waals surface area contributed by atoms with E-state index < -0.39 is 11.5 Å². The van der Waals surface area contributed by atoms with E-state index in [2.05, 4.69) is 37.4 Å². The molecule has 0 heterocycles. The van der Waals surface area contributed by atoms with Gasteiger partial charge in [0, 0.05) is 12.8 Å². The van der Waals surface area contributed by atoms with E-state index in [0.717, 1.165) is 44.5 Å². The maximum atomic E-state index is 13.1. The lowest BCUT2D eigenvalue weighted by atomic mass is 9.93. The number of carbonyl (C=O) groups is 2. The van der Waals surface area contributed by atoms with Crippen molar-refractivity contribution < 1.29 is 23.8 Å². The van der Waals surface area contributed by atoms with E-state index in [1.165, 1.54) is 12.1 Å². The Labute approximate surface area is 227 Å². The molecule has 5 rings (SSSR count). The number of carboxylic acid groups (broad SMARTS) is 1. The first kappa shape index (κ1) is 26.2. The highest BCUT2D eigenvalue weighted by Gasteiger charge is 2.45. The van der Waals surface area contributed by atoms with E-state index in [-0.39, 0.29) is 31.0 Å². The van der Waals surface area contributed by atoms with E-state index in [4.69, 9.17) is 4.74 Å². The summed E-state index contributed by atoms with van der Waals surface area (Å²) in [5, 5.41) is 13.0. The van der Waals surface area contributed by atoms with Gasteiger partial charge in [0.25, 0.3) is 0 Å². The van der Waals surface area contributed by atoms with E-state index >= 15 is 0 Å². The zero-order valence-electron chi connectivity index (χ0n) is 22.0. The van der Waals surface area contributed by atoms with Crippen LogP contribution in [-0.2, 0) is 35.5 Å². The molecule has 1 atom stereocenters. The normalized spacial score (nSPS) is 16.0. The van der Waals surface area contributed by atoms with Crippen LogP contribution in [0.1, 0.15) is 33.4 Å². The lowest BCUT2D eigenvalue weighted by Gasteiger charge is -2.25. The van der Waals surface area contributed by atoms with Crippen LogP contribution < -0.4 is 10.1 Å². The molecule has 0 saturated carbocycles. The average molecular weight is 524 g/mol. The first-order valence-electron chi connectivity index (χ1n) is 12.9. The molecule has 6 heteroatoms. The van der Waals surface area contributed by atoms with E-state index in [1.807, 2.05) is 18.2 Å². The van der Waals surface area contributed by atoms with Gasteiger partial charge in [-0.3, -0.25) is 4.79 Å². The molecule has 0 saturated heterocycles. The minimum Gasteiger partial charge on any atom is -0.489 e. The number of carboxylic acids is 1. The molecule has 198 valence electrons. The second-order valence-electron chi connectivity index (χ2n) is 10.3. The van der Waals surface area contributed by atoms with Crippen LogP contribution in [0.15, 0.2) is 84.9 Å². The van der Waals surface area contributed by atoms with Crippen LogP contribution in [0.3, 0.4) is 0 Å². The SMILES string of the molecule is Cc1cccc(C)c1-c1ccc2c(c1)CC(NC(=O)Cc1ccc(OCc3ccc(F)cc3)cc1)(C(=O)O)C2. The second-order valence-corrected chi connectivity index (χ2v) is 10.3. The quantitative estimate of drug-likeness (QED) is 0.298. The molecule has 1 aliphatic carbocycles. The fraction of sp³-hybridized carbons (Fsp3) is 0.212. The Hall–Kier alpha value is -4.45. The predicted molar refractivity (Wildman–Crippen MR) is 148 cm³/mol. The number of aryl methyl sites for hydroxylation is 2. The summed E-state index contributed by atoms with van der Waals surface area (Å²) in [5.41, 5.74) is 6.64. The molecular weight excluding hydrogens is 493 g/mol. The highest BCUT2D eigenvalue weighted by atomic mass is 19.1. The van der Waals surface area contributed by atoms with Crippen molar-refractivity contribution >= 4 is 11.9 Å². The average Bonchev–Trinajstić information content (AvgIpc) is 3.28. The summed E-state index contributed by atoms with van der Waals surface area (Å²) in [6.07, 6.45) is 0.530. The minimum atomic E-state index is -1.38. The van der Waals surface area contributed by atoms with Gasteiger partial charge in [-0.05, 0) is 82.6 Å². The number of fused-ring (bicyclic) bond motifs is 1. The molecule has 2 N–H and O–H groups in total. The van der Waals surface area contributed by atoms with Crippen molar-refractivity contribution in [1.82, 2.24) is 5.32 Å². The number of ether oxygens (including phenoxy) is 1. The molecule has 1 unspecified atom stereocenters. The number of amides is 1. The van der Waals surface area contributed by atoms with Crippen LogP contribution in [0.25, 0.3) is 11.1 Å². The van der Waals surface area contributed by atoms with Gasteiger partial charge in [-0.15, -0.1) is 0 Å². The molecular formula is C33H30FNO4. The summed E-state index contributed by atoms with van der Waals surface area (Å²) < 4.78 is 18.8. The maximum Gasteiger partial charge on any atom is 0.330 e. The molecule has 0 aliphatic heterocycles. The standard InChI is InChI=1S/C33H30FNO4/c1-21-4-3-5-22(2)31(21)25-10-11-26-18-33(32(37)38,19-27(26)17-25)35-30(36)16-23-8-14-29(15-9-23)39-20-24-6-12-28(34)13-7-24/h3-15,17H,16,18-20H2,1-2H3,(H,35,36)(H,37,38). The Morgan fingerprint density at radius 1 is 0.872 bits per heavy atom. The summed E-state index contributed by atoms with van der Waals surface area (Å²) >= 11 is 0. The van der Waals surface area contributed by atoms with Gasteiger partial charge in [-0.1, -0.05) is 60.7 Å². The Kier molecular flexibility index (Phi) is 7.20. The monoisotopic (exact) mass is 523 g/mol. The third-order valence-corrected chi connectivity index (χ3v) is 7.36. The zero-order valence-corrected chi connectivity index (χ0v) is 22.0. The maximum absolute atomic E-state index is 13.1. The van der Waals surface area contributed by atoms with Crippen LogP contribution in [0, 0.1) is 19.7 Å². The van der Waals surface area contributed by atoms with Crippen LogP contribution in [-0.4, -0.2) is 22.5 Å². The van der Waals surface area contributed by atoms with Gasteiger partial charge >= 0.3 is 5.97 Å². The smallest absolute Gasteiger partial charge is 0.330 e. The third-order valence-electron chi connectivity index (χ3n) is 7.36. The summed E-state index contributed by atoms with van der Waals surface area (Å²) in [6.45, 7) is 4.44. The van der Waals surface area contributed by atoms with Crippen molar-refractivity contribution in [1.29, 1.82) is 0 Å². The van der Waals surface area contributed by atoms with Gasteiger partial charge in [-0.2, -0.15) is 0 Å². The first-order chi connectivity index (χ1) is 18.7. The lowest BCUT2D eigenvalue weighted by molar-refractivity contribution is -0.147. The van der Waals surface area contributed by atoms with Crippen molar-refractivity contribution in [2.24, 2.45) is 0 Å². The van der Waals surface area contributed by atoms with Gasteiger partial charge < -0.3 is 15.2 Å². The van der Waals surface area contributed by atoms with Crippen LogP contribution >= 0.6 is 0 Å². The number of halogens is 1. The molecule has 39 heavy (non-hydrogen) atoms. The Bertz CT molecular complexity index is 1510. The molecule has 4 aromatic carbocycles. The summed E-state index contributed by atoms with van der Waals surface area (Å²) in [4.78, 5) is 25.4. The molecule has 5 nitrogen and oxygen atoms in total. The van der Waals surface area contributed by atoms with Gasteiger partial charge in [0.05, 0.1) is 6.42 Å². The Morgan fingerprint density at radius 2 is 1.51 bits per heavy atom. The summed E-state index contributed by atoms with van der Waals surface area (Å²) in [5.74, 6) is -1.06. The van der Waals surface area contributed by atoms with E-state index in [1.54, 1.807) is 36.4 Å². The van der Waals surface area contributed by atoms with Crippen LogP contribution in [0.5, 0.6) is 5.75 Å². The third kappa shape index (κ3) is 5.70. The van der Waals surface area contributed by atoms with Crippen molar-refractivity contribution in [3.63, 3.8) is 0 Å². The first-order valence-corrected chi connectivity index (χ1v) is 12.9. The van der Waals surface area contributed by atoms with Crippen LogP contribution in [0.2, 0.25) is 0 Å². The highest BCUT2D eigenvalue weighted by Crippen LogP contribution is 2.35. The largest absolute Gasteiger partial charge is 0.489 e. The zero-order chi connectivity index (χ0) is 27.6. The minimum absolute atomic E-state index is 0.0528. The van der Waals surface area contributed by atoms with E-state index in [9.17, 15) is 19.1 Å². The van der Waals surface area contributed by atoms with Gasteiger partial charge in [0.15, 0.2) is 0 Å². The fourth-order valence-electron chi connectivity index (χ4n) is 5.34. The molecule has 0 aromatic heterocycles. The molecule has 1 aliphatic rings. The number of benzene rings is 4. The second kappa shape index (κ2) is 10.7. The van der Waals surface area contributed by atoms with Gasteiger partial charge in [0.2, 0.25) is 5.91 Å². The molecule has 4 aromatic rings. The predicted octanol–water partition coefficient (Wildman–Crippen LogP) is 5.97. The Balaban J connectivity index is 1.24. The number of aliphatic carboxylic acids is 1. The highest BCUT2D eigenvalue weighted by molar-refractivity contribution is 5.89. The Morgan fingerprint density at radius 3 is 2.18 bits per heavy atom. The van der Waals surface area contributed by atoms with E-state index in [0.29, 0.717) is 12.4 Å². The van der Waals surface area contributed by atoms with Crippen molar-refractivity contribution in [2.45, 2.75) is 45.3 Å². The molecule has 0 bridgehead atoms. The number of hydrogen-bond donors (Lipinski definition) is 2. The van der Waals surface area contributed by atoms with Crippen molar-refractivity contribution in [3.8, 4) is 16.9 Å². The summed E-state index contributed by atoms with van der Waals surface area (Å²) in [7, 11) is 0.